The Morgan fingerprint density at radius 3 is 1.39 bits per heavy atom. The first-order valence-corrected chi connectivity index (χ1v) is 4.90. The van der Waals surface area contributed by atoms with Crippen molar-refractivity contribution in [3.05, 3.63) is 36.5 Å². The van der Waals surface area contributed by atoms with Gasteiger partial charge < -0.3 is 4.74 Å². The standard InChI is InChI=1S/C4H3NO2.C4H2O3.C4H8/c6-3-1-2-4(7)5-3;5-3-1-2-4(6)7-3;1-4(2)3/h1-2H,(H,5,6,7);1-2H;1H2,2-3H3. The number of allylic oxidation sites excluding steroid dienone is 1. The number of nitrogens with one attached hydrogen (secondary N) is 1. The van der Waals surface area contributed by atoms with Gasteiger partial charge in [-0.15, -0.1) is 6.58 Å². The van der Waals surface area contributed by atoms with E-state index in [0.29, 0.717) is 0 Å². The quantitative estimate of drug-likeness (QED) is 0.291. The molecule has 6 nitrogen and oxygen atoms in total. The SMILES string of the molecule is C=C(C)C.O=C1C=CC(=O)N1.O=C1C=CC(=O)O1. The summed E-state index contributed by atoms with van der Waals surface area (Å²) in [6.07, 6.45) is 4.56. The van der Waals surface area contributed by atoms with E-state index in [9.17, 15) is 19.2 Å². The maximum atomic E-state index is 10.0. The zero-order valence-electron chi connectivity index (χ0n) is 10.1. The molecule has 0 aromatic carbocycles. The number of esters is 2. The summed E-state index contributed by atoms with van der Waals surface area (Å²) in [7, 11) is 0. The lowest BCUT2D eigenvalue weighted by Crippen LogP contribution is -2.19. The van der Waals surface area contributed by atoms with Gasteiger partial charge in [-0.2, -0.15) is 0 Å². The van der Waals surface area contributed by atoms with Crippen LogP contribution in [0, 0.1) is 0 Å². The minimum absolute atomic E-state index is 0.329. The minimum atomic E-state index is -0.579. The molecule has 0 aliphatic carbocycles. The molecule has 0 bridgehead atoms. The van der Waals surface area contributed by atoms with Crippen LogP contribution in [0.5, 0.6) is 0 Å². The fourth-order valence-corrected chi connectivity index (χ4v) is 0.659. The van der Waals surface area contributed by atoms with Crippen LogP contribution in [-0.2, 0) is 23.9 Å². The lowest BCUT2D eigenvalue weighted by atomic mass is 10.4. The average Bonchev–Trinajstić information content (AvgIpc) is 2.76. The first-order chi connectivity index (χ1) is 8.31. The predicted octanol–water partition coefficient (Wildman–Crippen LogP) is 0.407. The van der Waals surface area contributed by atoms with Crippen LogP contribution in [0.3, 0.4) is 0 Å². The van der Waals surface area contributed by atoms with Crippen molar-refractivity contribution in [2.24, 2.45) is 0 Å². The van der Waals surface area contributed by atoms with Crippen LogP contribution in [0.25, 0.3) is 0 Å². The Morgan fingerprint density at radius 2 is 1.28 bits per heavy atom. The van der Waals surface area contributed by atoms with Crippen LogP contribution < -0.4 is 5.32 Å². The number of rotatable bonds is 0. The molecule has 2 amide bonds. The van der Waals surface area contributed by atoms with Gasteiger partial charge in [-0.05, 0) is 13.8 Å². The van der Waals surface area contributed by atoms with Crippen molar-refractivity contribution >= 4 is 23.8 Å². The van der Waals surface area contributed by atoms with E-state index < -0.39 is 11.9 Å². The Labute approximate surface area is 104 Å². The third-order valence-electron chi connectivity index (χ3n) is 1.19. The van der Waals surface area contributed by atoms with Gasteiger partial charge >= 0.3 is 11.9 Å². The second kappa shape index (κ2) is 7.72. The summed E-state index contributed by atoms with van der Waals surface area (Å²) in [6.45, 7) is 7.50. The van der Waals surface area contributed by atoms with Crippen LogP contribution in [0.1, 0.15) is 13.8 Å². The number of carbonyl (C=O) groups is 4. The number of cyclic esters (lactones) is 2. The van der Waals surface area contributed by atoms with Crippen LogP contribution in [-0.4, -0.2) is 23.8 Å². The molecular formula is C12H13NO5. The van der Waals surface area contributed by atoms with E-state index in [1.54, 1.807) is 0 Å². The summed E-state index contributed by atoms with van der Waals surface area (Å²) in [5.41, 5.74) is 1.17. The van der Waals surface area contributed by atoms with Gasteiger partial charge in [0.2, 0.25) is 0 Å². The van der Waals surface area contributed by atoms with Crippen LogP contribution in [0.15, 0.2) is 36.5 Å². The summed E-state index contributed by atoms with van der Waals surface area (Å²) in [4.78, 5) is 39.9. The van der Waals surface area contributed by atoms with Gasteiger partial charge in [0.05, 0.1) is 0 Å². The molecule has 2 aliphatic heterocycles. The van der Waals surface area contributed by atoms with Gasteiger partial charge in [-0.25, -0.2) is 9.59 Å². The number of amides is 2. The predicted molar refractivity (Wildman–Crippen MR) is 63.0 cm³/mol. The molecule has 96 valence electrons. The first-order valence-electron chi connectivity index (χ1n) is 4.90. The maximum Gasteiger partial charge on any atom is 0.338 e. The number of carbonyl (C=O) groups excluding carboxylic acids is 4. The van der Waals surface area contributed by atoms with E-state index in [2.05, 4.69) is 11.3 Å². The van der Waals surface area contributed by atoms with Crippen molar-refractivity contribution in [3.63, 3.8) is 0 Å². The first kappa shape index (κ1) is 15.5. The van der Waals surface area contributed by atoms with Crippen LogP contribution in [0.2, 0.25) is 0 Å². The van der Waals surface area contributed by atoms with Crippen molar-refractivity contribution in [1.82, 2.24) is 5.32 Å². The van der Waals surface area contributed by atoms with Crippen molar-refractivity contribution in [2.45, 2.75) is 13.8 Å². The largest absolute Gasteiger partial charge is 0.387 e. The minimum Gasteiger partial charge on any atom is -0.387 e. The molecule has 6 heteroatoms. The highest BCUT2D eigenvalue weighted by Crippen LogP contribution is 1.92. The Balaban J connectivity index is 0.000000253. The molecule has 0 spiro atoms. The van der Waals surface area contributed by atoms with E-state index in [1.165, 1.54) is 17.7 Å². The van der Waals surface area contributed by atoms with Gasteiger partial charge in [0.25, 0.3) is 11.8 Å². The van der Waals surface area contributed by atoms with E-state index in [-0.39, 0.29) is 11.8 Å². The molecule has 1 N–H and O–H groups in total. The van der Waals surface area contributed by atoms with E-state index >= 15 is 0 Å². The molecule has 18 heavy (non-hydrogen) atoms. The lowest BCUT2D eigenvalue weighted by molar-refractivity contribution is -0.150. The summed E-state index contributed by atoms with van der Waals surface area (Å²) in [5, 5.41) is 2.03. The van der Waals surface area contributed by atoms with Crippen molar-refractivity contribution in [2.75, 3.05) is 0 Å². The molecule has 0 atom stereocenters. The van der Waals surface area contributed by atoms with Crippen LogP contribution in [0.4, 0.5) is 0 Å². The number of hydrogen-bond donors (Lipinski definition) is 1. The van der Waals surface area contributed by atoms with Crippen LogP contribution >= 0.6 is 0 Å². The third-order valence-corrected chi connectivity index (χ3v) is 1.19. The zero-order chi connectivity index (χ0) is 14.1. The highest BCUT2D eigenvalue weighted by Gasteiger charge is 2.10. The molecule has 0 saturated heterocycles. The van der Waals surface area contributed by atoms with Crippen molar-refractivity contribution < 1.29 is 23.9 Å². The monoisotopic (exact) mass is 251 g/mol. The lowest BCUT2D eigenvalue weighted by Gasteiger charge is -1.80. The van der Waals surface area contributed by atoms with Crippen molar-refractivity contribution in [3.8, 4) is 0 Å². The van der Waals surface area contributed by atoms with Crippen molar-refractivity contribution in [1.29, 1.82) is 0 Å². The van der Waals surface area contributed by atoms with E-state index in [4.69, 9.17) is 0 Å². The summed E-state index contributed by atoms with van der Waals surface area (Å²) < 4.78 is 3.97. The second-order valence-corrected chi connectivity index (χ2v) is 3.47. The average molecular weight is 251 g/mol. The molecule has 0 fully saturated rings. The summed E-state index contributed by atoms with van der Waals surface area (Å²) in [5.74, 6) is -1.81. The number of hydrogen-bond acceptors (Lipinski definition) is 5. The molecule has 2 rings (SSSR count). The van der Waals surface area contributed by atoms with Gasteiger partial charge in [-0.3, -0.25) is 14.9 Å². The summed E-state index contributed by atoms with van der Waals surface area (Å²) >= 11 is 0. The maximum absolute atomic E-state index is 10.0. The van der Waals surface area contributed by atoms with E-state index in [1.807, 2.05) is 19.2 Å². The fourth-order valence-electron chi connectivity index (χ4n) is 0.659. The van der Waals surface area contributed by atoms with E-state index in [0.717, 1.165) is 12.2 Å². The molecule has 0 aromatic rings. The smallest absolute Gasteiger partial charge is 0.338 e. The fraction of sp³-hybridized carbons (Fsp3) is 0.167. The van der Waals surface area contributed by atoms with Gasteiger partial charge in [0, 0.05) is 24.3 Å². The second-order valence-electron chi connectivity index (χ2n) is 3.47. The molecule has 0 saturated carbocycles. The molecular weight excluding hydrogens is 238 g/mol. The van der Waals surface area contributed by atoms with Gasteiger partial charge in [0.1, 0.15) is 0 Å². The zero-order valence-corrected chi connectivity index (χ0v) is 10.1. The normalized spacial score (nSPS) is 15.2. The Morgan fingerprint density at radius 1 is 0.944 bits per heavy atom. The molecule has 0 radical (unpaired) electrons. The molecule has 2 heterocycles. The highest BCUT2D eigenvalue weighted by molar-refractivity contribution is 6.12. The summed E-state index contributed by atoms with van der Waals surface area (Å²) in [6, 6.07) is 0. The number of ether oxygens (including phenoxy) is 1. The Hall–Kier alpha value is -2.50. The number of imide groups is 1. The Kier molecular flexibility index (Phi) is 6.65. The van der Waals surface area contributed by atoms with Gasteiger partial charge in [0.15, 0.2) is 0 Å². The highest BCUT2D eigenvalue weighted by atomic mass is 16.6. The molecule has 2 aliphatic rings. The topological polar surface area (TPSA) is 89.5 Å². The third kappa shape index (κ3) is 8.78. The Bertz CT molecular complexity index is 373. The molecule has 0 aromatic heterocycles. The molecule has 0 unspecified atom stereocenters. The van der Waals surface area contributed by atoms with Gasteiger partial charge in [-0.1, -0.05) is 5.57 Å².